The summed E-state index contributed by atoms with van der Waals surface area (Å²) in [4.78, 5) is 23.4. The minimum absolute atomic E-state index is 0.0114. The van der Waals surface area contributed by atoms with Crippen molar-refractivity contribution < 1.29 is 24.2 Å². The van der Waals surface area contributed by atoms with Crippen LogP contribution in [-0.4, -0.2) is 55.5 Å². The lowest BCUT2D eigenvalue weighted by Crippen LogP contribution is -2.38. The second-order valence-corrected chi connectivity index (χ2v) is 14.2. The van der Waals surface area contributed by atoms with E-state index in [0.29, 0.717) is 30.4 Å². The monoisotopic (exact) mass is 734 g/mol. The molecule has 0 saturated carbocycles. The van der Waals surface area contributed by atoms with E-state index in [1.54, 1.807) is 16.4 Å². The number of hydrogen-bond acceptors (Lipinski definition) is 9. The fourth-order valence-electron chi connectivity index (χ4n) is 6.30. The highest BCUT2D eigenvalue weighted by Gasteiger charge is 2.38. The lowest BCUT2D eigenvalue weighted by Gasteiger charge is -2.41. The van der Waals surface area contributed by atoms with Gasteiger partial charge in [0.25, 0.3) is 0 Å². The van der Waals surface area contributed by atoms with Gasteiger partial charge in [0.05, 0.1) is 24.5 Å². The van der Waals surface area contributed by atoms with Gasteiger partial charge < -0.3 is 25.2 Å². The first-order valence-electron chi connectivity index (χ1n) is 18.1. The zero-order valence-electron chi connectivity index (χ0n) is 30.1. The second kappa shape index (κ2) is 18.7. The van der Waals surface area contributed by atoms with Gasteiger partial charge in [0.2, 0.25) is 17.0 Å². The van der Waals surface area contributed by atoms with Crippen LogP contribution in [0, 0.1) is 5.92 Å². The van der Waals surface area contributed by atoms with Gasteiger partial charge in [-0.1, -0.05) is 110 Å². The van der Waals surface area contributed by atoms with Crippen molar-refractivity contribution >= 4 is 23.6 Å². The van der Waals surface area contributed by atoms with Gasteiger partial charge in [0.15, 0.2) is 6.29 Å². The highest BCUT2D eigenvalue weighted by Crippen LogP contribution is 2.43. The van der Waals surface area contributed by atoms with Crippen LogP contribution in [0.3, 0.4) is 0 Å². The summed E-state index contributed by atoms with van der Waals surface area (Å²) in [5, 5.41) is 28.5. The van der Waals surface area contributed by atoms with Crippen LogP contribution in [0.2, 0.25) is 0 Å². The standard InChI is InChI=1S/C41H46N6O5S/c1-28-37(27-53-41-44-45-46-47(41)36-12-5-3-6-13-36)51-40(52-39(28)33-17-15-30(26-48)16-18-33)34-21-19-32(20-22-34)35-11-9-10-31(24-35)25-43-38(50)14-7-4-8-23-42-29(2)49/h3,5-6,9-13,15-22,24,28,37,39-40,48H,4,7-8,14,23,25-27H2,1-2H3,(H,42,49)(H,43,50)/t28-,37+,39+,40+/m1/s1. The van der Waals surface area contributed by atoms with Gasteiger partial charge in [-0.15, -0.1) is 5.10 Å². The van der Waals surface area contributed by atoms with Crippen molar-refractivity contribution in [1.29, 1.82) is 0 Å². The summed E-state index contributed by atoms with van der Waals surface area (Å²) in [6, 6.07) is 34.1. The summed E-state index contributed by atoms with van der Waals surface area (Å²) in [7, 11) is 0. The number of rotatable bonds is 16. The number of aliphatic hydroxyl groups excluding tert-OH is 1. The molecule has 1 aliphatic rings. The molecule has 1 aliphatic heterocycles. The number of nitrogens with zero attached hydrogens (tertiary/aromatic N) is 4. The lowest BCUT2D eigenvalue weighted by atomic mass is 9.91. The zero-order chi connectivity index (χ0) is 37.0. The lowest BCUT2D eigenvalue weighted by molar-refractivity contribution is -0.268. The molecule has 53 heavy (non-hydrogen) atoms. The van der Waals surface area contributed by atoms with E-state index in [1.807, 2.05) is 78.9 Å². The molecular weight excluding hydrogens is 689 g/mol. The average Bonchev–Trinajstić information content (AvgIpc) is 3.67. The molecule has 4 aromatic carbocycles. The van der Waals surface area contributed by atoms with Crippen LogP contribution >= 0.6 is 11.8 Å². The molecular formula is C41H46N6O5S. The SMILES string of the molecule is CC(=O)NCCCCCC(=O)NCc1cccc(-c2ccc([C@H]3O[C@@H](CSc4nnnn4-c4ccccc4)[C@@H](C)[C@@H](c4ccc(CO)cc4)O3)cc2)c1. The molecule has 2 amide bonds. The number of unbranched alkanes of at least 4 members (excludes halogenated alkanes) is 2. The van der Waals surface area contributed by atoms with Crippen LogP contribution in [0.5, 0.6) is 0 Å². The summed E-state index contributed by atoms with van der Waals surface area (Å²) in [5.74, 6) is 0.617. The Morgan fingerprint density at radius 1 is 0.830 bits per heavy atom. The minimum Gasteiger partial charge on any atom is -0.392 e. The average molecular weight is 735 g/mol. The molecule has 0 aliphatic carbocycles. The van der Waals surface area contributed by atoms with Gasteiger partial charge >= 0.3 is 0 Å². The first kappa shape index (κ1) is 37.9. The second-order valence-electron chi connectivity index (χ2n) is 13.2. The fourth-order valence-corrected chi connectivity index (χ4v) is 7.35. The molecule has 5 aromatic rings. The third-order valence-corrected chi connectivity index (χ3v) is 10.3. The van der Waals surface area contributed by atoms with Gasteiger partial charge in [-0.3, -0.25) is 9.59 Å². The maximum absolute atomic E-state index is 12.4. The van der Waals surface area contributed by atoms with E-state index < -0.39 is 6.29 Å². The Kier molecular flexibility index (Phi) is 13.4. The van der Waals surface area contributed by atoms with Gasteiger partial charge in [-0.2, -0.15) is 4.68 Å². The Labute approximate surface area is 314 Å². The summed E-state index contributed by atoms with van der Waals surface area (Å²) in [6.07, 6.45) is 1.98. The molecule has 6 rings (SSSR count). The van der Waals surface area contributed by atoms with Crippen LogP contribution < -0.4 is 10.6 Å². The van der Waals surface area contributed by atoms with Crippen LogP contribution in [-0.2, 0) is 32.2 Å². The molecule has 11 nitrogen and oxygen atoms in total. The quantitative estimate of drug-likeness (QED) is 0.0745. The number of aromatic nitrogens is 4. The number of thioether (sulfide) groups is 1. The Bertz CT molecular complexity index is 1920. The summed E-state index contributed by atoms with van der Waals surface area (Å²) in [5.41, 5.74) is 6.77. The number of nitrogens with one attached hydrogen (secondary N) is 2. The maximum atomic E-state index is 12.4. The molecule has 12 heteroatoms. The van der Waals surface area contributed by atoms with E-state index in [-0.39, 0.29) is 36.5 Å². The number of benzene rings is 4. The first-order chi connectivity index (χ1) is 25.9. The van der Waals surface area contributed by atoms with Crippen molar-refractivity contribution in [2.24, 2.45) is 5.92 Å². The molecule has 1 saturated heterocycles. The van der Waals surface area contributed by atoms with Crippen LogP contribution in [0.4, 0.5) is 0 Å². The number of ether oxygens (including phenoxy) is 2. The highest BCUT2D eigenvalue weighted by molar-refractivity contribution is 7.99. The Morgan fingerprint density at radius 2 is 1.60 bits per heavy atom. The van der Waals surface area contributed by atoms with E-state index in [2.05, 4.69) is 57.3 Å². The Morgan fingerprint density at radius 3 is 2.36 bits per heavy atom. The van der Waals surface area contributed by atoms with Crippen molar-refractivity contribution in [3.63, 3.8) is 0 Å². The number of amides is 2. The molecule has 0 radical (unpaired) electrons. The summed E-state index contributed by atoms with van der Waals surface area (Å²) >= 11 is 1.55. The Hall–Kier alpha value is -4.88. The number of carbonyl (C=O) groups is 2. The maximum Gasteiger partial charge on any atom is 0.220 e. The van der Waals surface area contributed by atoms with Gasteiger partial charge in [-0.05, 0) is 69.3 Å². The van der Waals surface area contributed by atoms with Crippen molar-refractivity contribution in [2.45, 2.75) is 76.3 Å². The fraction of sp³-hybridized carbons (Fsp3) is 0.341. The zero-order valence-corrected chi connectivity index (χ0v) is 30.9. The van der Waals surface area contributed by atoms with E-state index in [1.165, 1.54) is 6.92 Å². The third-order valence-electron chi connectivity index (χ3n) is 9.33. The summed E-state index contributed by atoms with van der Waals surface area (Å²) in [6.45, 7) is 4.73. The van der Waals surface area contributed by atoms with Crippen LogP contribution in [0.25, 0.3) is 16.8 Å². The number of para-hydroxylation sites is 1. The molecule has 1 fully saturated rings. The number of aliphatic hydroxyl groups is 1. The predicted octanol–water partition coefficient (Wildman–Crippen LogP) is 6.72. The van der Waals surface area contributed by atoms with Crippen molar-refractivity contribution in [1.82, 2.24) is 30.8 Å². The van der Waals surface area contributed by atoms with Crippen molar-refractivity contribution in [3.05, 3.63) is 125 Å². The molecule has 0 spiro atoms. The largest absolute Gasteiger partial charge is 0.392 e. The van der Waals surface area contributed by atoms with E-state index in [9.17, 15) is 14.7 Å². The number of carbonyl (C=O) groups excluding carboxylic acids is 2. The van der Waals surface area contributed by atoms with E-state index in [4.69, 9.17) is 9.47 Å². The van der Waals surface area contributed by atoms with E-state index >= 15 is 0 Å². The number of tetrazole rings is 1. The smallest absolute Gasteiger partial charge is 0.220 e. The third kappa shape index (κ3) is 10.4. The van der Waals surface area contributed by atoms with Gasteiger partial charge in [0.1, 0.15) is 0 Å². The Balaban J connectivity index is 1.11. The van der Waals surface area contributed by atoms with Crippen molar-refractivity contribution in [3.8, 4) is 16.8 Å². The summed E-state index contributed by atoms with van der Waals surface area (Å²) < 4.78 is 15.1. The molecule has 4 atom stereocenters. The van der Waals surface area contributed by atoms with Gasteiger partial charge in [0, 0.05) is 43.7 Å². The topological polar surface area (TPSA) is 140 Å². The highest BCUT2D eigenvalue weighted by atomic mass is 32.2. The molecule has 0 unspecified atom stereocenters. The predicted molar refractivity (Wildman–Crippen MR) is 204 cm³/mol. The normalized spacial score (nSPS) is 18.4. The molecule has 276 valence electrons. The minimum atomic E-state index is -0.606. The molecule has 0 bridgehead atoms. The van der Waals surface area contributed by atoms with E-state index in [0.717, 1.165) is 58.3 Å². The van der Waals surface area contributed by atoms with Crippen LogP contribution in [0.1, 0.15) is 74.2 Å². The molecule has 1 aromatic heterocycles. The van der Waals surface area contributed by atoms with Crippen molar-refractivity contribution in [2.75, 3.05) is 12.3 Å². The van der Waals surface area contributed by atoms with Gasteiger partial charge in [-0.25, -0.2) is 0 Å². The number of hydrogen-bond donors (Lipinski definition) is 3. The molecule has 3 N–H and O–H groups in total. The molecule has 2 heterocycles. The first-order valence-corrected chi connectivity index (χ1v) is 19.0. The van der Waals surface area contributed by atoms with Crippen LogP contribution in [0.15, 0.2) is 108 Å².